The van der Waals surface area contributed by atoms with Crippen LogP contribution in [0, 0.1) is 0 Å². The van der Waals surface area contributed by atoms with Gasteiger partial charge in [0.1, 0.15) is 18.5 Å². The van der Waals surface area contributed by atoms with E-state index in [1.165, 1.54) is 0 Å². The summed E-state index contributed by atoms with van der Waals surface area (Å²) in [6.07, 6.45) is 2.06. The molecule has 0 spiro atoms. The molecular formula is C13H14N2O2. The van der Waals surface area contributed by atoms with Gasteiger partial charge in [-0.05, 0) is 18.2 Å². The molecule has 88 valence electrons. The predicted molar refractivity (Wildman–Crippen MR) is 63.9 cm³/mol. The number of hydrogen-bond acceptors (Lipinski definition) is 3. The number of aromatic nitrogens is 2. The molecule has 3 rings (SSSR count). The predicted octanol–water partition coefficient (Wildman–Crippen LogP) is 1.86. The number of hydrogen-bond donors (Lipinski definition) is 0. The summed E-state index contributed by atoms with van der Waals surface area (Å²) in [7, 11) is 1.93. The Balaban J connectivity index is 1.89. The Kier molecular flexibility index (Phi) is 2.57. The lowest BCUT2D eigenvalue weighted by Gasteiger charge is -2.10. The summed E-state index contributed by atoms with van der Waals surface area (Å²) in [5.41, 5.74) is 2.12. The molecule has 0 saturated carbocycles. The van der Waals surface area contributed by atoms with Crippen LogP contribution in [-0.2, 0) is 11.8 Å². The third-order valence-electron chi connectivity index (χ3n) is 2.81. The van der Waals surface area contributed by atoms with Crippen LogP contribution in [0.15, 0.2) is 36.5 Å². The molecule has 1 aliphatic rings. The van der Waals surface area contributed by atoms with Crippen LogP contribution in [0.4, 0.5) is 0 Å². The van der Waals surface area contributed by atoms with Gasteiger partial charge in [0.05, 0.1) is 12.3 Å². The summed E-state index contributed by atoms with van der Waals surface area (Å²) in [5.74, 6) is 0.881. The third-order valence-corrected chi connectivity index (χ3v) is 2.81. The highest BCUT2D eigenvalue weighted by Crippen LogP contribution is 2.29. The number of epoxide rings is 1. The molecule has 2 aromatic rings. The number of aryl methyl sites for hydroxylation is 1. The topological polar surface area (TPSA) is 39.6 Å². The Bertz CT molecular complexity index is 518. The minimum atomic E-state index is 0.273. The number of ether oxygens (including phenoxy) is 2. The standard InChI is InChI=1S/C13H14N2O2/c1-15-12(6-7-14-15)11-4-2-3-5-13(11)17-9-10-8-16-10/h2-7,10H,8-9H2,1H3/t10-/m0/s1. The monoisotopic (exact) mass is 230 g/mol. The van der Waals surface area contributed by atoms with E-state index in [2.05, 4.69) is 5.10 Å². The fourth-order valence-electron chi connectivity index (χ4n) is 1.79. The van der Waals surface area contributed by atoms with E-state index in [1.807, 2.05) is 42.1 Å². The summed E-state index contributed by atoms with van der Waals surface area (Å²) < 4.78 is 12.8. The fourth-order valence-corrected chi connectivity index (χ4v) is 1.79. The average Bonchev–Trinajstić information content (AvgIpc) is 3.09. The van der Waals surface area contributed by atoms with Gasteiger partial charge in [-0.3, -0.25) is 4.68 Å². The molecule has 4 heteroatoms. The Morgan fingerprint density at radius 1 is 1.41 bits per heavy atom. The summed E-state index contributed by atoms with van der Waals surface area (Å²) in [6, 6.07) is 9.98. The minimum absolute atomic E-state index is 0.273. The van der Waals surface area contributed by atoms with E-state index >= 15 is 0 Å². The lowest BCUT2D eigenvalue weighted by Crippen LogP contribution is -2.05. The van der Waals surface area contributed by atoms with Crippen LogP contribution in [-0.4, -0.2) is 29.1 Å². The lowest BCUT2D eigenvalue weighted by atomic mass is 10.1. The Morgan fingerprint density at radius 2 is 2.24 bits per heavy atom. The average molecular weight is 230 g/mol. The first-order chi connectivity index (χ1) is 8.34. The van der Waals surface area contributed by atoms with Crippen LogP contribution in [0.5, 0.6) is 5.75 Å². The number of rotatable bonds is 4. The highest BCUT2D eigenvalue weighted by Gasteiger charge is 2.23. The number of nitrogens with zero attached hydrogens (tertiary/aromatic N) is 2. The van der Waals surface area contributed by atoms with Crippen molar-refractivity contribution in [3.63, 3.8) is 0 Å². The van der Waals surface area contributed by atoms with Crippen LogP contribution < -0.4 is 4.74 Å². The van der Waals surface area contributed by atoms with E-state index < -0.39 is 0 Å². The molecule has 1 aromatic carbocycles. The third kappa shape index (κ3) is 2.17. The van der Waals surface area contributed by atoms with Gasteiger partial charge in [0.15, 0.2) is 0 Å². The van der Waals surface area contributed by atoms with Crippen molar-refractivity contribution in [2.45, 2.75) is 6.10 Å². The molecule has 1 fully saturated rings. The van der Waals surface area contributed by atoms with Crippen LogP contribution in [0.2, 0.25) is 0 Å². The fraction of sp³-hybridized carbons (Fsp3) is 0.308. The maximum Gasteiger partial charge on any atom is 0.128 e. The molecule has 0 amide bonds. The van der Waals surface area contributed by atoms with Gasteiger partial charge in [-0.2, -0.15) is 5.10 Å². The molecule has 0 unspecified atom stereocenters. The lowest BCUT2D eigenvalue weighted by molar-refractivity contribution is 0.264. The van der Waals surface area contributed by atoms with Gasteiger partial charge >= 0.3 is 0 Å². The van der Waals surface area contributed by atoms with E-state index in [0.29, 0.717) is 6.61 Å². The molecule has 1 atom stereocenters. The first-order valence-corrected chi connectivity index (χ1v) is 5.66. The highest BCUT2D eigenvalue weighted by atomic mass is 16.6. The van der Waals surface area contributed by atoms with Crippen molar-refractivity contribution in [1.29, 1.82) is 0 Å². The summed E-state index contributed by atoms with van der Waals surface area (Å²) >= 11 is 0. The van der Waals surface area contributed by atoms with Gasteiger partial charge in [0, 0.05) is 18.8 Å². The summed E-state index contributed by atoms with van der Waals surface area (Å²) in [6.45, 7) is 1.43. The second kappa shape index (κ2) is 4.22. The molecule has 17 heavy (non-hydrogen) atoms. The van der Waals surface area contributed by atoms with E-state index in [0.717, 1.165) is 23.6 Å². The van der Waals surface area contributed by atoms with Crippen molar-refractivity contribution in [2.75, 3.05) is 13.2 Å². The van der Waals surface area contributed by atoms with Crippen molar-refractivity contribution < 1.29 is 9.47 Å². The van der Waals surface area contributed by atoms with Crippen molar-refractivity contribution in [3.8, 4) is 17.0 Å². The molecular weight excluding hydrogens is 216 g/mol. The first-order valence-electron chi connectivity index (χ1n) is 5.66. The normalized spacial score (nSPS) is 18.1. The van der Waals surface area contributed by atoms with Gasteiger partial charge in [-0.15, -0.1) is 0 Å². The Labute approximate surface area is 99.8 Å². The molecule has 0 bridgehead atoms. The van der Waals surface area contributed by atoms with E-state index in [-0.39, 0.29) is 6.10 Å². The first kappa shape index (κ1) is 10.4. The van der Waals surface area contributed by atoms with Crippen LogP contribution in [0.25, 0.3) is 11.3 Å². The maximum atomic E-state index is 5.77. The molecule has 1 aromatic heterocycles. The van der Waals surface area contributed by atoms with Crippen molar-refractivity contribution in [2.24, 2.45) is 7.05 Å². The molecule has 1 saturated heterocycles. The number of para-hydroxylation sites is 1. The quantitative estimate of drug-likeness (QED) is 0.753. The largest absolute Gasteiger partial charge is 0.490 e. The Hall–Kier alpha value is -1.81. The van der Waals surface area contributed by atoms with E-state index in [4.69, 9.17) is 9.47 Å². The summed E-state index contributed by atoms with van der Waals surface area (Å²) in [5, 5.41) is 4.18. The van der Waals surface area contributed by atoms with Crippen LogP contribution >= 0.6 is 0 Å². The maximum absolute atomic E-state index is 5.77. The molecule has 0 N–H and O–H groups in total. The molecule has 0 radical (unpaired) electrons. The zero-order chi connectivity index (χ0) is 11.7. The second-order valence-electron chi connectivity index (χ2n) is 4.10. The second-order valence-corrected chi connectivity index (χ2v) is 4.10. The van der Waals surface area contributed by atoms with Crippen LogP contribution in [0.1, 0.15) is 0 Å². The smallest absolute Gasteiger partial charge is 0.128 e. The zero-order valence-electron chi connectivity index (χ0n) is 9.67. The highest BCUT2D eigenvalue weighted by molar-refractivity contribution is 5.67. The van der Waals surface area contributed by atoms with E-state index in [9.17, 15) is 0 Å². The zero-order valence-corrected chi connectivity index (χ0v) is 9.67. The van der Waals surface area contributed by atoms with Gasteiger partial charge in [-0.1, -0.05) is 12.1 Å². The SMILES string of the molecule is Cn1nccc1-c1ccccc1OC[C@@H]1CO1. The van der Waals surface area contributed by atoms with Crippen molar-refractivity contribution >= 4 is 0 Å². The molecule has 4 nitrogen and oxygen atoms in total. The van der Waals surface area contributed by atoms with Gasteiger partial charge in [0.25, 0.3) is 0 Å². The van der Waals surface area contributed by atoms with Crippen LogP contribution in [0.3, 0.4) is 0 Å². The van der Waals surface area contributed by atoms with E-state index in [1.54, 1.807) is 6.20 Å². The molecule has 0 aliphatic carbocycles. The molecule has 1 aliphatic heterocycles. The summed E-state index contributed by atoms with van der Waals surface area (Å²) in [4.78, 5) is 0. The van der Waals surface area contributed by atoms with Gasteiger partial charge in [0.2, 0.25) is 0 Å². The molecule has 2 heterocycles. The Morgan fingerprint density at radius 3 is 2.94 bits per heavy atom. The van der Waals surface area contributed by atoms with Gasteiger partial charge in [-0.25, -0.2) is 0 Å². The number of benzene rings is 1. The van der Waals surface area contributed by atoms with Crippen molar-refractivity contribution in [1.82, 2.24) is 9.78 Å². The minimum Gasteiger partial charge on any atom is -0.490 e. The van der Waals surface area contributed by atoms with Crippen molar-refractivity contribution in [3.05, 3.63) is 36.5 Å². The van der Waals surface area contributed by atoms with Gasteiger partial charge < -0.3 is 9.47 Å².